The summed E-state index contributed by atoms with van der Waals surface area (Å²) in [6, 6.07) is 32.9. The first-order chi connectivity index (χ1) is 49.8. The van der Waals surface area contributed by atoms with Crippen LogP contribution in [0.5, 0.6) is 0 Å². The van der Waals surface area contributed by atoms with E-state index in [4.69, 9.17) is 19.3 Å². The molecular formula is C78H103F2N13O11. The standard InChI is InChI=1S/C30H38FN5O4.C18H25N3O2.C17H24N4O2.C13H16FNO3/c1-19(2)26(33-27(37)24-15-20(3)5-10-25(24)31)28(38)35-13-11-30(12-14-35)29(39)34(4)18-36(30)23-8-6-21(7-9-23)32-22-16-40-17-22;1-20-13-21(18(17(20)22)9-3-2-4-10-18)16-7-5-14(6-8-16)19-15-11-23-12-15;1-20-12-21(17(16(20)22)6-8-18-9-7-17)15-4-2-13(3-5-15)19-14-10-23-11-14;1-7(2)11(13(17)18)15-12(16)9-6-8(3)4-5-10(9)14/h5-10,15,19,22,26,32H,11-14,16-18H2,1-4H3,(H,33,37);5-8,15,19H,2-4,9-13H2,1H3;2-5,14,18-19H,6-12H2,1H3;4-7,11H,1-3H3,(H,15,16)(H,17,18)/t26-;;;11-/m1..1/s1. The van der Waals surface area contributed by atoms with Gasteiger partial charge in [0, 0.05) is 68.4 Å². The maximum atomic E-state index is 14.3. The number of aryl methyl sites for hydroxylation is 2. The molecule has 0 aromatic heterocycles. The number of likely N-dealkylation sites (N-methyl/N-ethyl adjacent to an activating group) is 3. The molecule has 2 atom stereocenters. The molecule has 24 nitrogen and oxygen atoms in total. The van der Waals surface area contributed by atoms with Crippen LogP contribution in [-0.2, 0) is 38.2 Å². The summed E-state index contributed by atoms with van der Waals surface area (Å²) in [5, 5.41) is 27.8. The Hall–Kier alpha value is -9.11. The fraction of sp³-hybridized carbons (Fsp3) is 0.526. The third-order valence-corrected chi connectivity index (χ3v) is 21.6. The number of anilines is 6. The van der Waals surface area contributed by atoms with Crippen molar-refractivity contribution in [1.29, 1.82) is 0 Å². The summed E-state index contributed by atoms with van der Waals surface area (Å²) >= 11 is 0. The van der Waals surface area contributed by atoms with E-state index in [0.717, 1.165) is 123 Å². The van der Waals surface area contributed by atoms with Crippen LogP contribution in [-0.4, -0.2) is 220 Å². The molecule has 6 amide bonds. The summed E-state index contributed by atoms with van der Waals surface area (Å²) in [7, 11) is 5.63. The molecule has 5 aromatic rings. The van der Waals surface area contributed by atoms with Crippen molar-refractivity contribution in [2.75, 3.05) is 138 Å². The van der Waals surface area contributed by atoms with Crippen LogP contribution in [0.4, 0.5) is 42.9 Å². The van der Waals surface area contributed by atoms with E-state index in [9.17, 15) is 42.3 Å². The van der Waals surface area contributed by atoms with Gasteiger partial charge in [-0.25, -0.2) is 13.6 Å². The lowest BCUT2D eigenvalue weighted by molar-refractivity contribution is -0.140. The Kier molecular flexibility index (Phi) is 24.1. The average molecular weight is 1440 g/mol. The molecule has 104 heavy (non-hydrogen) atoms. The summed E-state index contributed by atoms with van der Waals surface area (Å²) in [5.74, 6) is -3.82. The molecular weight excluding hydrogens is 1330 g/mol. The van der Waals surface area contributed by atoms with Crippen LogP contribution in [0, 0.1) is 37.3 Å². The van der Waals surface area contributed by atoms with Crippen LogP contribution in [0.15, 0.2) is 109 Å². The van der Waals surface area contributed by atoms with Gasteiger partial charge in [-0.2, -0.15) is 0 Å². The molecule has 0 radical (unpaired) electrons. The predicted molar refractivity (Wildman–Crippen MR) is 396 cm³/mol. The van der Waals surface area contributed by atoms with Crippen LogP contribution >= 0.6 is 0 Å². The minimum Gasteiger partial charge on any atom is -0.480 e. The highest BCUT2D eigenvalue weighted by molar-refractivity contribution is 5.99. The van der Waals surface area contributed by atoms with Crippen molar-refractivity contribution in [2.45, 2.75) is 146 Å². The highest BCUT2D eigenvalue weighted by atomic mass is 19.1. The molecule has 5 aromatic carbocycles. The Bertz CT molecular complexity index is 3750. The van der Waals surface area contributed by atoms with Gasteiger partial charge < -0.3 is 85.5 Å². The number of benzene rings is 5. The molecule has 9 fully saturated rings. The molecule has 0 unspecified atom stereocenters. The SMILES string of the molecule is CN1CN(c2ccc(NC3COC3)cc2)C2(CCCCC2)C1=O.CN1CN(c2ccc(NC3COC3)cc2)C2(CCNCC2)C1=O.Cc1ccc(F)c(C(=O)N[C@@H](C(=O)N2CCC3(CC2)C(=O)N(C)CN3c2ccc(NC3COC3)cc2)C(C)C)c1.Cc1ccc(F)c(C(=O)N[C@@H](C(=O)O)C(C)C)c1. The molecule has 26 heteroatoms. The summed E-state index contributed by atoms with van der Waals surface area (Å²) in [4.78, 5) is 102. The number of hydrogen-bond donors (Lipinski definition) is 7. The Balaban J connectivity index is 0.000000146. The first-order valence-electron chi connectivity index (χ1n) is 36.6. The molecule has 8 aliphatic heterocycles. The second kappa shape index (κ2) is 32.9. The van der Waals surface area contributed by atoms with Gasteiger partial charge in [0.2, 0.25) is 23.6 Å². The number of halogens is 2. The molecule has 8 heterocycles. The van der Waals surface area contributed by atoms with E-state index in [1.54, 1.807) is 49.6 Å². The van der Waals surface area contributed by atoms with Gasteiger partial charge in [-0.1, -0.05) is 70.2 Å². The van der Waals surface area contributed by atoms with Gasteiger partial charge in [0.15, 0.2) is 0 Å². The molecule has 560 valence electrons. The summed E-state index contributed by atoms with van der Waals surface area (Å²) in [5.41, 5.74) is 6.37. The van der Waals surface area contributed by atoms with Gasteiger partial charge in [0.1, 0.15) is 40.3 Å². The number of amides is 6. The van der Waals surface area contributed by atoms with Gasteiger partial charge in [0.25, 0.3) is 11.8 Å². The van der Waals surface area contributed by atoms with Crippen molar-refractivity contribution < 1.29 is 61.7 Å². The third kappa shape index (κ3) is 16.7. The van der Waals surface area contributed by atoms with E-state index in [-0.39, 0.29) is 51.8 Å². The van der Waals surface area contributed by atoms with Crippen molar-refractivity contribution in [1.82, 2.24) is 35.6 Å². The zero-order chi connectivity index (χ0) is 74.2. The van der Waals surface area contributed by atoms with Gasteiger partial charge in [-0.3, -0.25) is 28.8 Å². The smallest absolute Gasteiger partial charge is 0.326 e. The minimum atomic E-state index is -1.13. The number of ether oxygens (including phenoxy) is 3. The van der Waals surface area contributed by atoms with Gasteiger partial charge in [-0.05, 0) is 174 Å². The zero-order valence-electron chi connectivity index (χ0n) is 61.4. The first-order valence-corrected chi connectivity index (χ1v) is 36.6. The Labute approximate surface area is 608 Å². The lowest BCUT2D eigenvalue weighted by Crippen LogP contribution is -2.60. The van der Waals surface area contributed by atoms with Crippen LogP contribution in [0.3, 0.4) is 0 Å². The number of nitrogens with zero attached hydrogens (tertiary/aromatic N) is 7. The number of aliphatic carboxylic acids is 1. The van der Waals surface area contributed by atoms with E-state index in [0.29, 0.717) is 83.2 Å². The lowest BCUT2D eigenvalue weighted by Gasteiger charge is -2.44. The maximum absolute atomic E-state index is 14.3. The van der Waals surface area contributed by atoms with Crippen molar-refractivity contribution in [2.24, 2.45) is 11.8 Å². The number of piperidine rings is 2. The largest absolute Gasteiger partial charge is 0.480 e. The number of carbonyl (C=O) groups is 7. The number of likely N-dealkylation sites (tertiary alicyclic amines) is 1. The van der Waals surface area contributed by atoms with E-state index < -0.39 is 47.0 Å². The summed E-state index contributed by atoms with van der Waals surface area (Å²) in [6.07, 6.45) is 8.21. The predicted octanol–water partition coefficient (Wildman–Crippen LogP) is 8.26. The fourth-order valence-electron chi connectivity index (χ4n) is 15.3. The molecule has 8 saturated heterocycles. The quantitative estimate of drug-likeness (QED) is 0.0462. The van der Waals surface area contributed by atoms with Crippen LogP contribution in [0.1, 0.15) is 117 Å². The van der Waals surface area contributed by atoms with Crippen LogP contribution in [0.25, 0.3) is 0 Å². The van der Waals surface area contributed by atoms with Crippen LogP contribution in [0.2, 0.25) is 0 Å². The average Bonchev–Trinajstić information content (AvgIpc) is 1.60. The Morgan fingerprint density at radius 3 is 1.14 bits per heavy atom. The number of hydrogen-bond acceptors (Lipinski definition) is 17. The van der Waals surface area contributed by atoms with E-state index in [2.05, 4.69) is 95.1 Å². The highest BCUT2D eigenvalue weighted by Crippen LogP contribution is 2.44. The van der Waals surface area contributed by atoms with Crippen molar-refractivity contribution >= 4 is 75.5 Å². The Morgan fingerprint density at radius 1 is 0.481 bits per heavy atom. The second-order valence-electron chi connectivity index (χ2n) is 29.9. The number of rotatable bonds is 17. The second-order valence-corrected chi connectivity index (χ2v) is 29.9. The number of carbonyl (C=O) groups excluding carboxylic acids is 6. The highest BCUT2D eigenvalue weighted by Gasteiger charge is 2.55. The van der Waals surface area contributed by atoms with Crippen molar-refractivity contribution in [3.8, 4) is 0 Å². The number of nitrogens with one attached hydrogen (secondary N) is 6. The molecule has 9 aliphatic rings. The normalized spacial score (nSPS) is 20.4. The molecule has 3 spiro atoms. The monoisotopic (exact) mass is 1440 g/mol. The number of carboxylic acids is 1. The zero-order valence-corrected chi connectivity index (χ0v) is 61.4. The molecule has 0 bridgehead atoms. The molecule has 14 rings (SSSR count). The van der Waals surface area contributed by atoms with Crippen molar-refractivity contribution in [3.63, 3.8) is 0 Å². The van der Waals surface area contributed by atoms with E-state index in [1.165, 1.54) is 30.7 Å². The number of carboxylic acid groups (broad SMARTS) is 1. The van der Waals surface area contributed by atoms with E-state index in [1.807, 2.05) is 69.1 Å². The molecule has 1 aliphatic carbocycles. The topological polar surface area (TPSA) is 262 Å². The van der Waals surface area contributed by atoms with Crippen LogP contribution < -0.4 is 46.6 Å². The summed E-state index contributed by atoms with van der Waals surface area (Å²) in [6.45, 7) is 19.5. The van der Waals surface area contributed by atoms with Gasteiger partial charge in [0.05, 0.1) is 88.9 Å². The van der Waals surface area contributed by atoms with Crippen molar-refractivity contribution in [3.05, 3.63) is 143 Å². The Morgan fingerprint density at radius 2 is 0.817 bits per heavy atom. The van der Waals surface area contributed by atoms with E-state index >= 15 is 0 Å². The van der Waals surface area contributed by atoms with Gasteiger partial charge in [-0.15, -0.1) is 0 Å². The molecule has 1 saturated carbocycles. The fourth-order valence-corrected chi connectivity index (χ4v) is 15.3. The minimum absolute atomic E-state index is 0.0528. The summed E-state index contributed by atoms with van der Waals surface area (Å²) < 4.78 is 43.4. The lowest BCUT2D eigenvalue weighted by atomic mass is 9.80. The molecule has 7 N–H and O–H groups in total. The third-order valence-electron chi connectivity index (χ3n) is 21.6. The maximum Gasteiger partial charge on any atom is 0.326 e. The first kappa shape index (κ1) is 76.0. The van der Waals surface area contributed by atoms with Gasteiger partial charge >= 0.3 is 5.97 Å².